The number of aromatic nitrogens is 2. The Kier molecular flexibility index (Phi) is 7.43. The molecule has 1 aromatic heterocycles. The first-order valence-electron chi connectivity index (χ1n) is 10.3. The third-order valence-corrected chi connectivity index (χ3v) is 6.88. The van der Waals surface area contributed by atoms with E-state index in [4.69, 9.17) is 9.26 Å². The predicted molar refractivity (Wildman–Crippen MR) is 110 cm³/mol. The average molecular weight is 437 g/mol. The number of benzene rings is 1. The highest BCUT2D eigenvalue weighted by atomic mass is 32.2. The van der Waals surface area contributed by atoms with Gasteiger partial charge in [-0.3, -0.25) is 4.79 Å². The fourth-order valence-electron chi connectivity index (χ4n) is 3.29. The molecule has 9 nitrogen and oxygen atoms in total. The first-order valence-corrected chi connectivity index (χ1v) is 11.7. The van der Waals surface area contributed by atoms with Crippen molar-refractivity contribution >= 4 is 15.9 Å². The number of rotatable bonds is 9. The van der Waals surface area contributed by atoms with Crippen LogP contribution in [-0.2, 0) is 27.7 Å². The summed E-state index contributed by atoms with van der Waals surface area (Å²) in [5.74, 6) is 1.87. The molecule has 1 amide bonds. The molecule has 30 heavy (non-hydrogen) atoms. The number of piperazine rings is 1. The minimum absolute atomic E-state index is 0.0170. The van der Waals surface area contributed by atoms with Crippen LogP contribution >= 0.6 is 0 Å². The lowest BCUT2D eigenvalue weighted by molar-refractivity contribution is -0.132. The number of ether oxygens (including phenoxy) is 1. The third kappa shape index (κ3) is 5.37. The highest BCUT2D eigenvalue weighted by Gasteiger charge is 2.30. The summed E-state index contributed by atoms with van der Waals surface area (Å²) in [7, 11) is -3.58. The quantitative estimate of drug-likeness (QED) is 0.591. The van der Waals surface area contributed by atoms with E-state index in [-0.39, 0.29) is 23.9 Å². The van der Waals surface area contributed by atoms with E-state index in [2.05, 4.69) is 10.1 Å². The van der Waals surface area contributed by atoms with E-state index in [1.807, 2.05) is 13.8 Å². The summed E-state index contributed by atoms with van der Waals surface area (Å²) in [6, 6.07) is 6.42. The topological polar surface area (TPSA) is 106 Å². The van der Waals surface area contributed by atoms with Crippen molar-refractivity contribution in [1.29, 1.82) is 0 Å². The van der Waals surface area contributed by atoms with Gasteiger partial charge in [0.25, 0.3) is 0 Å². The summed E-state index contributed by atoms with van der Waals surface area (Å²) in [5.41, 5.74) is 0. The van der Waals surface area contributed by atoms with Crippen molar-refractivity contribution in [2.75, 3.05) is 32.8 Å². The zero-order chi connectivity index (χ0) is 21.6. The molecule has 3 rings (SSSR count). The fraction of sp³-hybridized carbons (Fsp3) is 0.550. The van der Waals surface area contributed by atoms with Crippen LogP contribution in [0, 0.1) is 0 Å². The Bertz CT molecular complexity index is 934. The minimum atomic E-state index is -3.58. The highest BCUT2D eigenvalue weighted by Crippen LogP contribution is 2.21. The Morgan fingerprint density at radius 2 is 1.83 bits per heavy atom. The maximum atomic E-state index is 12.8. The molecule has 0 atom stereocenters. The number of sulfonamides is 1. The molecule has 1 fully saturated rings. The van der Waals surface area contributed by atoms with Crippen molar-refractivity contribution in [1.82, 2.24) is 19.3 Å². The molecular formula is C20H28N4O5S. The van der Waals surface area contributed by atoms with Crippen molar-refractivity contribution in [3.63, 3.8) is 0 Å². The molecule has 0 unspecified atom stereocenters. The number of aryl methyl sites for hydroxylation is 2. The Hall–Kier alpha value is -2.46. The molecule has 0 spiro atoms. The van der Waals surface area contributed by atoms with Gasteiger partial charge in [0, 0.05) is 45.4 Å². The largest absolute Gasteiger partial charge is 0.494 e. The predicted octanol–water partition coefficient (Wildman–Crippen LogP) is 1.89. The van der Waals surface area contributed by atoms with Gasteiger partial charge in [-0.2, -0.15) is 9.29 Å². The van der Waals surface area contributed by atoms with E-state index in [0.29, 0.717) is 62.8 Å². The van der Waals surface area contributed by atoms with E-state index in [1.54, 1.807) is 29.2 Å². The van der Waals surface area contributed by atoms with Crippen LogP contribution in [0.3, 0.4) is 0 Å². The van der Waals surface area contributed by atoms with Gasteiger partial charge in [-0.15, -0.1) is 0 Å². The molecule has 2 heterocycles. The molecule has 1 saturated heterocycles. The van der Waals surface area contributed by atoms with Crippen LogP contribution in [0.15, 0.2) is 33.7 Å². The lowest BCUT2D eigenvalue weighted by atomic mass is 10.2. The van der Waals surface area contributed by atoms with Crippen LogP contribution in [0.2, 0.25) is 0 Å². The fourth-order valence-corrected chi connectivity index (χ4v) is 4.71. The summed E-state index contributed by atoms with van der Waals surface area (Å²) in [4.78, 5) is 18.6. The number of amides is 1. The molecule has 0 aliphatic carbocycles. The van der Waals surface area contributed by atoms with Gasteiger partial charge in [0.2, 0.25) is 21.8 Å². The molecule has 1 aromatic carbocycles. The van der Waals surface area contributed by atoms with Crippen molar-refractivity contribution in [3.8, 4) is 5.75 Å². The zero-order valence-corrected chi connectivity index (χ0v) is 18.2. The van der Waals surface area contributed by atoms with E-state index < -0.39 is 10.0 Å². The molecule has 2 aromatic rings. The van der Waals surface area contributed by atoms with Crippen molar-refractivity contribution in [2.45, 2.75) is 44.4 Å². The van der Waals surface area contributed by atoms with Gasteiger partial charge in [-0.25, -0.2) is 8.42 Å². The van der Waals surface area contributed by atoms with Gasteiger partial charge < -0.3 is 14.2 Å². The molecule has 1 aliphatic heterocycles. The third-order valence-electron chi connectivity index (χ3n) is 4.97. The van der Waals surface area contributed by atoms with E-state index in [0.717, 1.165) is 0 Å². The van der Waals surface area contributed by atoms with Gasteiger partial charge in [0.05, 0.1) is 11.5 Å². The monoisotopic (exact) mass is 436 g/mol. The van der Waals surface area contributed by atoms with Crippen LogP contribution < -0.4 is 4.74 Å². The highest BCUT2D eigenvalue weighted by molar-refractivity contribution is 7.89. The van der Waals surface area contributed by atoms with Crippen LogP contribution in [-0.4, -0.2) is 66.5 Å². The standard InChI is InChI=1S/C20H28N4O5S/c1-3-18-21-19(29-22-18)6-5-7-20(25)23-12-14-24(15-13-23)30(26,27)17-10-8-16(9-11-17)28-4-2/h8-11H,3-7,12-15H2,1-2H3. The SMILES string of the molecule is CCOc1ccc(S(=O)(=O)N2CCN(C(=O)CCCc3nc(CC)no3)CC2)cc1. The van der Waals surface area contributed by atoms with E-state index in [1.165, 1.54) is 4.31 Å². The molecule has 0 saturated carbocycles. The van der Waals surface area contributed by atoms with Crippen LogP contribution in [0.4, 0.5) is 0 Å². The Labute approximate surface area is 177 Å². The molecule has 0 bridgehead atoms. The lowest BCUT2D eigenvalue weighted by Crippen LogP contribution is -2.50. The van der Waals surface area contributed by atoms with Crippen molar-refractivity contribution in [2.24, 2.45) is 0 Å². The summed E-state index contributed by atoms with van der Waals surface area (Å²) in [5, 5.41) is 3.84. The number of hydrogen-bond donors (Lipinski definition) is 0. The van der Waals surface area contributed by atoms with Gasteiger partial charge in [-0.1, -0.05) is 12.1 Å². The van der Waals surface area contributed by atoms with E-state index >= 15 is 0 Å². The number of carbonyl (C=O) groups is 1. The molecule has 164 valence electrons. The van der Waals surface area contributed by atoms with Gasteiger partial charge in [0.1, 0.15) is 5.75 Å². The number of hydrogen-bond acceptors (Lipinski definition) is 7. The molecule has 0 N–H and O–H groups in total. The first-order chi connectivity index (χ1) is 14.4. The van der Waals surface area contributed by atoms with Gasteiger partial charge in [-0.05, 0) is 37.6 Å². The Morgan fingerprint density at radius 3 is 2.43 bits per heavy atom. The van der Waals surface area contributed by atoms with Crippen LogP contribution in [0.25, 0.3) is 0 Å². The maximum Gasteiger partial charge on any atom is 0.243 e. The average Bonchev–Trinajstić information content (AvgIpc) is 3.22. The molecule has 1 aliphatic rings. The van der Waals surface area contributed by atoms with Crippen LogP contribution in [0.1, 0.15) is 38.4 Å². The molecule has 0 radical (unpaired) electrons. The minimum Gasteiger partial charge on any atom is -0.494 e. The molecule has 10 heteroatoms. The second-order valence-electron chi connectivity index (χ2n) is 7.00. The summed E-state index contributed by atoms with van der Waals surface area (Å²) >= 11 is 0. The summed E-state index contributed by atoms with van der Waals surface area (Å²) in [6.07, 6.45) is 2.27. The van der Waals surface area contributed by atoms with E-state index in [9.17, 15) is 13.2 Å². The Balaban J connectivity index is 1.47. The lowest BCUT2D eigenvalue weighted by Gasteiger charge is -2.34. The van der Waals surface area contributed by atoms with Crippen molar-refractivity contribution < 1.29 is 22.5 Å². The molecular weight excluding hydrogens is 408 g/mol. The maximum absolute atomic E-state index is 12.8. The van der Waals surface area contributed by atoms with Gasteiger partial charge in [0.15, 0.2) is 5.82 Å². The first kappa shape index (κ1) is 22.2. The second kappa shape index (κ2) is 10.0. The van der Waals surface area contributed by atoms with Gasteiger partial charge >= 0.3 is 0 Å². The summed E-state index contributed by atoms with van der Waals surface area (Å²) in [6.45, 7) is 5.68. The summed E-state index contributed by atoms with van der Waals surface area (Å²) < 4.78 is 37.6. The smallest absolute Gasteiger partial charge is 0.243 e. The number of nitrogens with zero attached hydrogens (tertiary/aromatic N) is 4. The van der Waals surface area contributed by atoms with Crippen molar-refractivity contribution in [3.05, 3.63) is 36.0 Å². The van der Waals surface area contributed by atoms with Crippen LogP contribution in [0.5, 0.6) is 5.75 Å². The normalized spacial score (nSPS) is 15.3. The number of carbonyl (C=O) groups excluding carboxylic acids is 1. The zero-order valence-electron chi connectivity index (χ0n) is 17.4. The Morgan fingerprint density at radius 1 is 1.13 bits per heavy atom. The second-order valence-corrected chi connectivity index (χ2v) is 8.94.